The quantitative estimate of drug-likeness (QED) is 0.475. The van der Waals surface area contributed by atoms with Crippen LogP contribution in [0.5, 0.6) is 5.88 Å². The van der Waals surface area contributed by atoms with Crippen LogP contribution in [0.25, 0.3) is 17.0 Å². The molecule has 2 aromatic carbocycles. The number of hydrogen-bond donors (Lipinski definition) is 1. The molecular formula is C21H17F2N5O2. The molecule has 2 heterocycles. The summed E-state index contributed by atoms with van der Waals surface area (Å²) in [5, 5.41) is 15.1. The summed E-state index contributed by atoms with van der Waals surface area (Å²) >= 11 is 0. The molecule has 0 unspecified atom stereocenters. The van der Waals surface area contributed by atoms with Crippen molar-refractivity contribution in [3.05, 3.63) is 77.9 Å². The summed E-state index contributed by atoms with van der Waals surface area (Å²) in [7, 11) is 0. The van der Waals surface area contributed by atoms with Gasteiger partial charge in [-0.3, -0.25) is 4.79 Å². The minimum Gasteiger partial charge on any atom is -0.475 e. The zero-order valence-corrected chi connectivity index (χ0v) is 15.8. The molecule has 0 saturated carbocycles. The number of benzene rings is 2. The van der Waals surface area contributed by atoms with E-state index >= 15 is 0 Å². The summed E-state index contributed by atoms with van der Waals surface area (Å²) in [5.41, 5.74) is 1.35. The van der Waals surface area contributed by atoms with Crippen LogP contribution < -0.4 is 10.1 Å². The molecule has 2 aromatic heterocycles. The number of nitrogens with one attached hydrogen (secondary N) is 1. The number of fused-ring (bicyclic) bond motifs is 1. The van der Waals surface area contributed by atoms with Gasteiger partial charge < -0.3 is 10.1 Å². The van der Waals surface area contributed by atoms with Gasteiger partial charge in [0.05, 0.1) is 13.0 Å². The summed E-state index contributed by atoms with van der Waals surface area (Å²) in [6.45, 7) is 0.394. The standard InChI is InChI=1S/C21H17F2N5O2/c22-16-6-3-5-15(12-16)21-26-25-18-8-9-20(27-28(18)21)30-11-10-24-19(29)13-14-4-1-2-7-17(14)23/h1-9,12H,10-11,13H2,(H,24,29). The minimum absolute atomic E-state index is 0.0470. The Morgan fingerprint density at radius 2 is 1.90 bits per heavy atom. The Morgan fingerprint density at radius 1 is 1.03 bits per heavy atom. The van der Waals surface area contributed by atoms with Crippen LogP contribution >= 0.6 is 0 Å². The van der Waals surface area contributed by atoms with Gasteiger partial charge in [0.1, 0.15) is 18.2 Å². The average molecular weight is 409 g/mol. The lowest BCUT2D eigenvalue weighted by Crippen LogP contribution is -2.29. The minimum atomic E-state index is -0.413. The predicted molar refractivity (Wildman–Crippen MR) is 105 cm³/mol. The van der Waals surface area contributed by atoms with Gasteiger partial charge in [0.25, 0.3) is 0 Å². The Kier molecular flexibility index (Phi) is 5.60. The molecule has 7 nitrogen and oxygen atoms in total. The molecule has 0 aliphatic rings. The lowest BCUT2D eigenvalue weighted by molar-refractivity contribution is -0.120. The molecule has 152 valence electrons. The fourth-order valence-corrected chi connectivity index (χ4v) is 2.88. The molecule has 1 N–H and O–H groups in total. The molecular weight excluding hydrogens is 392 g/mol. The van der Waals surface area contributed by atoms with E-state index in [0.29, 0.717) is 28.5 Å². The second kappa shape index (κ2) is 8.64. The number of ether oxygens (including phenoxy) is 1. The van der Waals surface area contributed by atoms with E-state index in [2.05, 4.69) is 20.6 Å². The zero-order valence-electron chi connectivity index (χ0n) is 15.8. The first-order valence-electron chi connectivity index (χ1n) is 9.21. The fourth-order valence-electron chi connectivity index (χ4n) is 2.88. The number of aromatic nitrogens is 4. The van der Waals surface area contributed by atoms with Crippen LogP contribution in [-0.2, 0) is 11.2 Å². The highest BCUT2D eigenvalue weighted by atomic mass is 19.1. The number of amides is 1. The van der Waals surface area contributed by atoms with E-state index in [1.54, 1.807) is 42.5 Å². The van der Waals surface area contributed by atoms with Crippen molar-refractivity contribution in [1.29, 1.82) is 0 Å². The van der Waals surface area contributed by atoms with E-state index in [9.17, 15) is 13.6 Å². The Labute approximate surface area is 170 Å². The molecule has 4 aromatic rings. The Bertz CT molecular complexity index is 1190. The maximum Gasteiger partial charge on any atom is 0.231 e. The van der Waals surface area contributed by atoms with E-state index in [1.165, 1.54) is 22.7 Å². The number of carbonyl (C=O) groups excluding carboxylic acids is 1. The summed E-state index contributed by atoms with van der Waals surface area (Å²) in [6, 6.07) is 15.4. The molecule has 0 radical (unpaired) electrons. The van der Waals surface area contributed by atoms with E-state index < -0.39 is 5.82 Å². The monoisotopic (exact) mass is 409 g/mol. The first-order valence-corrected chi connectivity index (χ1v) is 9.21. The van der Waals surface area contributed by atoms with Crippen LogP contribution in [0.4, 0.5) is 8.78 Å². The van der Waals surface area contributed by atoms with E-state index in [-0.39, 0.29) is 31.3 Å². The number of rotatable bonds is 7. The van der Waals surface area contributed by atoms with E-state index in [1.807, 2.05) is 0 Å². The van der Waals surface area contributed by atoms with Gasteiger partial charge in [-0.1, -0.05) is 30.3 Å². The Balaban J connectivity index is 1.36. The molecule has 0 aliphatic carbocycles. The molecule has 0 fully saturated rings. The normalized spacial score (nSPS) is 10.9. The highest BCUT2D eigenvalue weighted by molar-refractivity contribution is 5.78. The van der Waals surface area contributed by atoms with Crippen LogP contribution in [0.2, 0.25) is 0 Å². The van der Waals surface area contributed by atoms with E-state index in [0.717, 1.165) is 0 Å². The third-order valence-corrected chi connectivity index (χ3v) is 4.30. The van der Waals surface area contributed by atoms with Gasteiger partial charge in [-0.15, -0.1) is 15.3 Å². The smallest absolute Gasteiger partial charge is 0.231 e. The molecule has 0 bridgehead atoms. The molecule has 0 aliphatic heterocycles. The van der Waals surface area contributed by atoms with Gasteiger partial charge in [-0.05, 0) is 29.8 Å². The van der Waals surface area contributed by atoms with Crippen molar-refractivity contribution in [2.75, 3.05) is 13.2 Å². The van der Waals surface area contributed by atoms with Gasteiger partial charge in [-0.25, -0.2) is 8.78 Å². The van der Waals surface area contributed by atoms with Crippen molar-refractivity contribution >= 4 is 11.6 Å². The number of carbonyl (C=O) groups is 1. The molecule has 9 heteroatoms. The average Bonchev–Trinajstić information content (AvgIpc) is 3.16. The van der Waals surface area contributed by atoms with E-state index in [4.69, 9.17) is 4.74 Å². The van der Waals surface area contributed by atoms with Gasteiger partial charge in [0.2, 0.25) is 11.8 Å². The Hall–Kier alpha value is -3.88. The summed E-state index contributed by atoms with van der Waals surface area (Å²) in [5.74, 6) is -0.428. The second-order valence-electron chi connectivity index (χ2n) is 6.44. The largest absolute Gasteiger partial charge is 0.475 e. The van der Waals surface area contributed by atoms with Gasteiger partial charge in [0, 0.05) is 11.6 Å². The van der Waals surface area contributed by atoms with Crippen molar-refractivity contribution in [3.8, 4) is 17.3 Å². The molecule has 1 amide bonds. The Morgan fingerprint density at radius 3 is 2.73 bits per heavy atom. The molecule has 30 heavy (non-hydrogen) atoms. The fraction of sp³-hybridized carbons (Fsp3) is 0.143. The SMILES string of the molecule is O=C(Cc1ccccc1F)NCCOc1ccc2nnc(-c3cccc(F)c3)n2n1. The first kappa shape index (κ1) is 19.4. The van der Waals surface area contributed by atoms with Crippen LogP contribution in [0, 0.1) is 11.6 Å². The van der Waals surface area contributed by atoms with Gasteiger partial charge >= 0.3 is 0 Å². The van der Waals surface area contributed by atoms with Gasteiger partial charge in [-0.2, -0.15) is 4.52 Å². The number of hydrogen-bond acceptors (Lipinski definition) is 5. The summed E-state index contributed by atoms with van der Waals surface area (Å²) < 4.78 is 34.1. The van der Waals surface area contributed by atoms with Crippen LogP contribution in [0.3, 0.4) is 0 Å². The lowest BCUT2D eigenvalue weighted by atomic mass is 10.1. The predicted octanol–water partition coefficient (Wildman–Crippen LogP) is 2.81. The maximum absolute atomic E-state index is 13.6. The number of nitrogens with zero attached hydrogens (tertiary/aromatic N) is 4. The second-order valence-corrected chi connectivity index (χ2v) is 6.44. The molecule has 0 spiro atoms. The molecule has 4 rings (SSSR count). The van der Waals surface area contributed by atoms with Crippen LogP contribution in [0.1, 0.15) is 5.56 Å². The van der Waals surface area contributed by atoms with Crippen molar-refractivity contribution in [2.45, 2.75) is 6.42 Å². The van der Waals surface area contributed by atoms with Crippen molar-refractivity contribution < 1.29 is 18.3 Å². The van der Waals surface area contributed by atoms with Crippen molar-refractivity contribution in [2.24, 2.45) is 0 Å². The zero-order chi connectivity index (χ0) is 20.9. The topological polar surface area (TPSA) is 81.4 Å². The van der Waals surface area contributed by atoms with Crippen LogP contribution in [-0.4, -0.2) is 38.9 Å². The molecule has 0 saturated heterocycles. The lowest BCUT2D eigenvalue weighted by Gasteiger charge is -2.08. The highest BCUT2D eigenvalue weighted by Gasteiger charge is 2.11. The van der Waals surface area contributed by atoms with Crippen LogP contribution in [0.15, 0.2) is 60.7 Å². The summed E-state index contributed by atoms with van der Waals surface area (Å²) in [4.78, 5) is 11.9. The number of halogens is 2. The first-order chi connectivity index (χ1) is 14.6. The van der Waals surface area contributed by atoms with Crippen molar-refractivity contribution in [3.63, 3.8) is 0 Å². The molecule has 0 atom stereocenters. The summed E-state index contributed by atoms with van der Waals surface area (Å²) in [6.07, 6.45) is -0.0470. The third kappa shape index (κ3) is 4.40. The van der Waals surface area contributed by atoms with Crippen molar-refractivity contribution in [1.82, 2.24) is 25.1 Å². The third-order valence-electron chi connectivity index (χ3n) is 4.30. The maximum atomic E-state index is 13.6. The highest BCUT2D eigenvalue weighted by Crippen LogP contribution is 2.19. The van der Waals surface area contributed by atoms with Gasteiger partial charge in [0.15, 0.2) is 11.5 Å².